The second kappa shape index (κ2) is 6.98. The molecule has 0 radical (unpaired) electrons. The van der Waals surface area contributed by atoms with Crippen LogP contribution in [-0.2, 0) is 20.8 Å². The first-order chi connectivity index (χ1) is 9.20. The van der Waals surface area contributed by atoms with Crippen LogP contribution in [0.4, 0.5) is 4.39 Å². The maximum atomic E-state index is 13.5. The molecule has 0 N–H and O–H groups in total. The molecule has 3 nitrogen and oxygen atoms in total. The van der Waals surface area contributed by atoms with E-state index in [-0.39, 0.29) is 30.9 Å². The molecule has 0 aromatic heterocycles. The van der Waals surface area contributed by atoms with Crippen molar-refractivity contribution < 1.29 is 18.6 Å². The molecule has 19 heavy (non-hydrogen) atoms. The van der Waals surface area contributed by atoms with Crippen molar-refractivity contribution in [2.24, 2.45) is 0 Å². The highest BCUT2D eigenvalue weighted by Crippen LogP contribution is 2.20. The summed E-state index contributed by atoms with van der Waals surface area (Å²) in [6.07, 6.45) is 1.61. The molecule has 106 valence electrons. The Balaban J connectivity index is 1.82. The molecule has 4 heteroatoms. The number of hydrogen-bond acceptors (Lipinski definition) is 3. The molecule has 0 unspecified atom stereocenters. The number of hydrogen-bond donors (Lipinski definition) is 0. The highest BCUT2D eigenvalue weighted by atomic mass is 19.1. The predicted molar refractivity (Wildman–Crippen MR) is 70.2 cm³/mol. The molecule has 3 atom stereocenters. The average Bonchev–Trinajstić information content (AvgIpc) is 2.40. The van der Waals surface area contributed by atoms with E-state index in [1.165, 1.54) is 6.07 Å². The van der Waals surface area contributed by atoms with Crippen LogP contribution >= 0.6 is 0 Å². The lowest BCUT2D eigenvalue weighted by atomic mass is 10.2. The SMILES string of the molecule is CCC[C@H]1OC[C@@H](OCc2ccccc2F)[C@@H](C)O1. The summed E-state index contributed by atoms with van der Waals surface area (Å²) in [6.45, 7) is 4.81. The summed E-state index contributed by atoms with van der Waals surface area (Å²) in [4.78, 5) is 0. The first kappa shape index (κ1) is 14.4. The maximum absolute atomic E-state index is 13.5. The lowest BCUT2D eigenvalue weighted by Gasteiger charge is -2.34. The molecule has 1 aromatic carbocycles. The molecule has 1 fully saturated rings. The zero-order valence-electron chi connectivity index (χ0n) is 11.5. The zero-order chi connectivity index (χ0) is 13.7. The van der Waals surface area contributed by atoms with E-state index in [1.807, 2.05) is 6.92 Å². The third kappa shape index (κ3) is 4.00. The van der Waals surface area contributed by atoms with E-state index in [4.69, 9.17) is 14.2 Å². The Morgan fingerprint density at radius 2 is 2.16 bits per heavy atom. The van der Waals surface area contributed by atoms with Crippen molar-refractivity contribution in [2.75, 3.05) is 6.61 Å². The molecule has 0 amide bonds. The second-order valence-corrected chi connectivity index (χ2v) is 4.83. The molecule has 1 aliphatic rings. The van der Waals surface area contributed by atoms with Crippen molar-refractivity contribution in [2.45, 2.75) is 51.8 Å². The van der Waals surface area contributed by atoms with Crippen LogP contribution in [0.2, 0.25) is 0 Å². The Labute approximate surface area is 113 Å². The lowest BCUT2D eigenvalue weighted by Crippen LogP contribution is -2.43. The molecule has 0 bridgehead atoms. The van der Waals surface area contributed by atoms with Gasteiger partial charge in [-0.3, -0.25) is 0 Å². The van der Waals surface area contributed by atoms with E-state index < -0.39 is 0 Å². The van der Waals surface area contributed by atoms with Crippen molar-refractivity contribution in [3.8, 4) is 0 Å². The van der Waals surface area contributed by atoms with Crippen LogP contribution < -0.4 is 0 Å². The van der Waals surface area contributed by atoms with Crippen molar-refractivity contribution in [3.05, 3.63) is 35.6 Å². The monoisotopic (exact) mass is 268 g/mol. The Bertz CT molecular complexity index is 397. The summed E-state index contributed by atoms with van der Waals surface area (Å²) in [5.41, 5.74) is 0.561. The van der Waals surface area contributed by atoms with Gasteiger partial charge in [-0.25, -0.2) is 4.39 Å². The molecule has 1 saturated heterocycles. The van der Waals surface area contributed by atoms with Gasteiger partial charge in [-0.1, -0.05) is 31.5 Å². The van der Waals surface area contributed by atoms with Crippen LogP contribution in [0.3, 0.4) is 0 Å². The molecule has 1 aromatic rings. The molecular weight excluding hydrogens is 247 g/mol. The van der Waals surface area contributed by atoms with Gasteiger partial charge in [-0.05, 0) is 19.4 Å². The first-order valence-electron chi connectivity index (χ1n) is 6.82. The van der Waals surface area contributed by atoms with Crippen LogP contribution in [0.5, 0.6) is 0 Å². The fourth-order valence-electron chi connectivity index (χ4n) is 2.09. The minimum Gasteiger partial charge on any atom is -0.368 e. The minimum absolute atomic E-state index is 0.0305. The fourth-order valence-corrected chi connectivity index (χ4v) is 2.09. The zero-order valence-corrected chi connectivity index (χ0v) is 11.5. The Kier molecular flexibility index (Phi) is 5.31. The van der Waals surface area contributed by atoms with Gasteiger partial charge in [0.2, 0.25) is 0 Å². The van der Waals surface area contributed by atoms with Crippen LogP contribution in [0, 0.1) is 5.82 Å². The van der Waals surface area contributed by atoms with Gasteiger partial charge in [-0.2, -0.15) is 0 Å². The van der Waals surface area contributed by atoms with Crippen molar-refractivity contribution in [1.29, 1.82) is 0 Å². The van der Waals surface area contributed by atoms with Gasteiger partial charge >= 0.3 is 0 Å². The van der Waals surface area contributed by atoms with Crippen molar-refractivity contribution in [3.63, 3.8) is 0 Å². The number of ether oxygens (including phenoxy) is 3. The molecule has 1 aliphatic heterocycles. The maximum Gasteiger partial charge on any atom is 0.158 e. The van der Waals surface area contributed by atoms with E-state index >= 15 is 0 Å². The second-order valence-electron chi connectivity index (χ2n) is 4.83. The predicted octanol–water partition coefficient (Wildman–Crippen LogP) is 3.27. The Morgan fingerprint density at radius 1 is 1.37 bits per heavy atom. The van der Waals surface area contributed by atoms with E-state index in [1.54, 1.807) is 18.2 Å². The van der Waals surface area contributed by atoms with Gasteiger partial charge in [0.05, 0.1) is 19.3 Å². The summed E-state index contributed by atoms with van der Waals surface area (Å²) in [6, 6.07) is 6.64. The highest BCUT2D eigenvalue weighted by Gasteiger charge is 2.29. The molecule has 0 spiro atoms. The molecule has 0 aliphatic carbocycles. The van der Waals surface area contributed by atoms with Crippen LogP contribution in [0.25, 0.3) is 0 Å². The van der Waals surface area contributed by atoms with Crippen LogP contribution in [0.15, 0.2) is 24.3 Å². The minimum atomic E-state index is -0.239. The summed E-state index contributed by atoms with van der Waals surface area (Å²) in [5.74, 6) is -0.239. The largest absolute Gasteiger partial charge is 0.368 e. The molecule has 0 saturated carbocycles. The van der Waals surface area contributed by atoms with E-state index in [9.17, 15) is 4.39 Å². The van der Waals surface area contributed by atoms with Crippen LogP contribution in [-0.4, -0.2) is 25.1 Å². The smallest absolute Gasteiger partial charge is 0.158 e. The van der Waals surface area contributed by atoms with Gasteiger partial charge in [0.25, 0.3) is 0 Å². The van der Waals surface area contributed by atoms with Gasteiger partial charge < -0.3 is 14.2 Å². The van der Waals surface area contributed by atoms with Gasteiger partial charge in [-0.15, -0.1) is 0 Å². The quantitative estimate of drug-likeness (QED) is 0.820. The first-order valence-corrected chi connectivity index (χ1v) is 6.82. The normalized spacial score (nSPS) is 27.4. The van der Waals surface area contributed by atoms with Crippen molar-refractivity contribution in [1.82, 2.24) is 0 Å². The summed E-state index contributed by atoms with van der Waals surface area (Å²) >= 11 is 0. The molecule has 1 heterocycles. The standard InChI is InChI=1S/C15H21FO3/c1-3-6-15-18-10-14(11(2)19-15)17-9-12-7-4-5-8-13(12)16/h4-5,7-8,11,14-15H,3,6,9-10H2,1-2H3/t11-,14-,15+/m1/s1. The average molecular weight is 268 g/mol. The van der Waals surface area contributed by atoms with Gasteiger partial charge in [0.1, 0.15) is 11.9 Å². The number of halogens is 1. The Morgan fingerprint density at radius 3 is 2.84 bits per heavy atom. The Hall–Kier alpha value is -0.970. The van der Waals surface area contributed by atoms with E-state index in [0.717, 1.165) is 12.8 Å². The van der Waals surface area contributed by atoms with Gasteiger partial charge in [0.15, 0.2) is 6.29 Å². The van der Waals surface area contributed by atoms with Crippen LogP contribution in [0.1, 0.15) is 32.3 Å². The van der Waals surface area contributed by atoms with Crippen molar-refractivity contribution >= 4 is 0 Å². The summed E-state index contributed by atoms with van der Waals surface area (Å²) in [7, 11) is 0. The summed E-state index contributed by atoms with van der Waals surface area (Å²) < 4.78 is 30.5. The molecular formula is C15H21FO3. The third-order valence-electron chi connectivity index (χ3n) is 3.27. The molecule has 2 rings (SSSR count). The third-order valence-corrected chi connectivity index (χ3v) is 3.27. The van der Waals surface area contributed by atoms with E-state index in [2.05, 4.69) is 6.92 Å². The number of benzene rings is 1. The highest BCUT2D eigenvalue weighted by molar-refractivity contribution is 5.16. The summed E-state index contributed by atoms with van der Waals surface area (Å²) in [5, 5.41) is 0. The van der Waals surface area contributed by atoms with E-state index in [0.29, 0.717) is 12.2 Å². The lowest BCUT2D eigenvalue weighted by molar-refractivity contribution is -0.260. The van der Waals surface area contributed by atoms with Gasteiger partial charge in [0, 0.05) is 5.56 Å². The topological polar surface area (TPSA) is 27.7 Å². The fraction of sp³-hybridized carbons (Fsp3) is 0.600. The number of rotatable bonds is 5.